The van der Waals surface area contributed by atoms with Crippen LogP contribution in [-0.2, 0) is 16.1 Å². The van der Waals surface area contributed by atoms with E-state index in [0.29, 0.717) is 10.6 Å². The maximum Gasteiger partial charge on any atom is 0.293 e. The van der Waals surface area contributed by atoms with Crippen molar-refractivity contribution in [2.75, 3.05) is 5.32 Å². The third kappa shape index (κ3) is 4.23. The van der Waals surface area contributed by atoms with E-state index in [1.807, 2.05) is 24.3 Å². The lowest BCUT2D eigenvalue weighted by Gasteiger charge is -2.13. The molecule has 0 aromatic heterocycles. The fourth-order valence-electron chi connectivity index (χ4n) is 2.45. The van der Waals surface area contributed by atoms with Gasteiger partial charge in [0.2, 0.25) is 5.91 Å². The number of halogens is 1. The van der Waals surface area contributed by atoms with Crippen LogP contribution >= 0.6 is 27.7 Å². The lowest BCUT2D eigenvalue weighted by Crippen LogP contribution is -2.27. The molecule has 1 heterocycles. The van der Waals surface area contributed by atoms with E-state index >= 15 is 0 Å². The van der Waals surface area contributed by atoms with Crippen molar-refractivity contribution in [3.63, 3.8) is 0 Å². The van der Waals surface area contributed by atoms with Gasteiger partial charge in [-0.15, -0.1) is 0 Å². The molecule has 1 N–H and O–H groups in total. The van der Waals surface area contributed by atoms with Gasteiger partial charge in [-0.1, -0.05) is 46.3 Å². The van der Waals surface area contributed by atoms with Crippen LogP contribution in [0.3, 0.4) is 0 Å². The normalized spacial score (nSPS) is 15.6. The second-order valence-electron chi connectivity index (χ2n) is 5.66. The van der Waals surface area contributed by atoms with Crippen LogP contribution < -0.4 is 5.32 Å². The van der Waals surface area contributed by atoms with Gasteiger partial charge in [0.1, 0.15) is 0 Å². The van der Waals surface area contributed by atoms with Crippen LogP contribution in [0.4, 0.5) is 10.5 Å². The Kier molecular flexibility index (Phi) is 5.58. The molecule has 1 aliphatic rings. The lowest BCUT2D eigenvalue weighted by atomic mass is 10.2. The fraction of sp³-hybridized carbons (Fsp3) is 0.105. The summed E-state index contributed by atoms with van der Waals surface area (Å²) in [5.41, 5.74) is 2.33. The van der Waals surface area contributed by atoms with Crippen molar-refractivity contribution in [2.45, 2.75) is 13.5 Å². The van der Waals surface area contributed by atoms with Crippen molar-refractivity contribution >= 4 is 56.5 Å². The molecule has 26 heavy (non-hydrogen) atoms. The smallest absolute Gasteiger partial charge is 0.293 e. The molecule has 1 saturated heterocycles. The van der Waals surface area contributed by atoms with Gasteiger partial charge in [0.25, 0.3) is 11.1 Å². The Hall–Kier alpha value is -2.38. The van der Waals surface area contributed by atoms with Crippen molar-refractivity contribution in [2.24, 2.45) is 0 Å². The second-order valence-corrected chi connectivity index (χ2v) is 7.51. The van der Waals surface area contributed by atoms with Gasteiger partial charge in [-0.05, 0) is 47.2 Å². The SMILES string of the molecule is CC(=O)Nc1ccc(C=C2SC(=O)N(Cc3ccccc3Br)C2=O)cc1. The van der Waals surface area contributed by atoms with Crippen LogP contribution in [-0.4, -0.2) is 22.0 Å². The number of imide groups is 1. The van der Waals surface area contributed by atoms with E-state index in [2.05, 4.69) is 21.2 Å². The van der Waals surface area contributed by atoms with Crippen molar-refractivity contribution in [1.82, 2.24) is 4.90 Å². The van der Waals surface area contributed by atoms with E-state index in [9.17, 15) is 14.4 Å². The molecule has 0 spiro atoms. The first kappa shape index (κ1) is 18.4. The van der Waals surface area contributed by atoms with Crippen molar-refractivity contribution in [3.8, 4) is 0 Å². The van der Waals surface area contributed by atoms with Gasteiger partial charge in [0.15, 0.2) is 0 Å². The molecule has 2 aromatic rings. The summed E-state index contributed by atoms with van der Waals surface area (Å²) >= 11 is 4.37. The highest BCUT2D eigenvalue weighted by Crippen LogP contribution is 2.34. The number of hydrogen-bond acceptors (Lipinski definition) is 4. The third-order valence-corrected chi connectivity index (χ3v) is 5.37. The topological polar surface area (TPSA) is 66.5 Å². The maximum atomic E-state index is 12.6. The van der Waals surface area contributed by atoms with Crippen LogP contribution in [0.25, 0.3) is 6.08 Å². The first-order valence-electron chi connectivity index (χ1n) is 7.80. The van der Waals surface area contributed by atoms with E-state index in [0.717, 1.165) is 27.4 Å². The molecule has 0 unspecified atom stereocenters. The Balaban J connectivity index is 1.76. The largest absolute Gasteiger partial charge is 0.326 e. The Morgan fingerprint density at radius 3 is 2.50 bits per heavy atom. The van der Waals surface area contributed by atoms with Crippen LogP contribution in [0.1, 0.15) is 18.1 Å². The molecule has 3 amide bonds. The van der Waals surface area contributed by atoms with E-state index in [4.69, 9.17) is 0 Å². The zero-order valence-corrected chi connectivity index (χ0v) is 16.3. The summed E-state index contributed by atoms with van der Waals surface area (Å²) in [5.74, 6) is -0.451. The molecule has 0 saturated carbocycles. The maximum absolute atomic E-state index is 12.6. The summed E-state index contributed by atoms with van der Waals surface area (Å²) in [7, 11) is 0. The molecule has 1 fully saturated rings. The molecule has 0 bridgehead atoms. The van der Waals surface area contributed by atoms with Gasteiger partial charge < -0.3 is 5.32 Å². The Morgan fingerprint density at radius 1 is 1.15 bits per heavy atom. The number of carbonyl (C=O) groups excluding carboxylic acids is 3. The molecular formula is C19H15BrN2O3S. The fourth-order valence-corrected chi connectivity index (χ4v) is 3.70. The molecule has 0 radical (unpaired) electrons. The summed E-state index contributed by atoms with van der Waals surface area (Å²) in [6, 6.07) is 14.6. The van der Waals surface area contributed by atoms with Crippen LogP contribution in [0, 0.1) is 0 Å². The van der Waals surface area contributed by atoms with Crippen molar-refractivity contribution < 1.29 is 14.4 Å². The summed E-state index contributed by atoms with van der Waals surface area (Å²) in [5, 5.41) is 2.40. The molecule has 1 aliphatic heterocycles. The van der Waals surface area contributed by atoms with Crippen LogP contribution in [0.5, 0.6) is 0 Å². The van der Waals surface area contributed by atoms with E-state index in [1.165, 1.54) is 11.8 Å². The molecule has 132 valence electrons. The zero-order valence-electron chi connectivity index (χ0n) is 13.9. The summed E-state index contributed by atoms with van der Waals surface area (Å²) in [4.78, 5) is 37.5. The third-order valence-electron chi connectivity index (χ3n) is 3.69. The Morgan fingerprint density at radius 2 is 1.85 bits per heavy atom. The number of nitrogens with zero attached hydrogens (tertiary/aromatic N) is 1. The number of thioether (sulfide) groups is 1. The highest BCUT2D eigenvalue weighted by molar-refractivity contribution is 9.10. The average Bonchev–Trinajstić information content (AvgIpc) is 2.85. The van der Waals surface area contributed by atoms with E-state index < -0.39 is 0 Å². The van der Waals surface area contributed by atoms with Gasteiger partial charge in [0, 0.05) is 17.1 Å². The number of hydrogen-bond donors (Lipinski definition) is 1. The summed E-state index contributed by atoms with van der Waals surface area (Å²) < 4.78 is 0.858. The van der Waals surface area contributed by atoms with Gasteiger partial charge in [-0.2, -0.15) is 0 Å². The quantitative estimate of drug-likeness (QED) is 0.717. The molecule has 5 nitrogen and oxygen atoms in total. The van der Waals surface area contributed by atoms with Gasteiger partial charge in [0.05, 0.1) is 11.4 Å². The Bertz CT molecular complexity index is 909. The summed E-state index contributed by atoms with van der Waals surface area (Å²) in [6.07, 6.45) is 1.68. The van der Waals surface area contributed by atoms with Crippen LogP contribution in [0.15, 0.2) is 57.9 Å². The molecule has 2 aromatic carbocycles. The van der Waals surface area contributed by atoms with Crippen LogP contribution in [0.2, 0.25) is 0 Å². The number of benzene rings is 2. The second kappa shape index (κ2) is 7.88. The zero-order chi connectivity index (χ0) is 18.7. The number of carbonyl (C=O) groups is 3. The minimum atomic E-state index is -0.304. The summed E-state index contributed by atoms with van der Waals surface area (Å²) in [6.45, 7) is 1.67. The number of nitrogens with one attached hydrogen (secondary N) is 1. The van der Waals surface area contributed by atoms with Gasteiger partial charge in [-0.25, -0.2) is 0 Å². The van der Waals surface area contributed by atoms with Gasteiger partial charge in [-0.3, -0.25) is 19.3 Å². The van der Waals surface area contributed by atoms with Crippen molar-refractivity contribution in [3.05, 3.63) is 69.0 Å². The number of amides is 3. The molecule has 0 atom stereocenters. The first-order valence-corrected chi connectivity index (χ1v) is 9.41. The molecule has 7 heteroatoms. The number of anilines is 1. The standard InChI is InChI=1S/C19H15BrN2O3S/c1-12(23)21-15-8-6-13(7-9-15)10-17-18(24)22(19(25)26-17)11-14-4-2-3-5-16(14)20/h2-10H,11H2,1H3,(H,21,23). The van der Waals surface area contributed by atoms with E-state index in [-0.39, 0.29) is 23.6 Å². The van der Waals surface area contributed by atoms with E-state index in [1.54, 1.807) is 30.3 Å². The monoisotopic (exact) mass is 430 g/mol. The lowest BCUT2D eigenvalue weighted by molar-refractivity contribution is -0.123. The minimum Gasteiger partial charge on any atom is -0.326 e. The molecule has 3 rings (SSSR count). The minimum absolute atomic E-state index is 0.147. The molecular weight excluding hydrogens is 416 g/mol. The highest BCUT2D eigenvalue weighted by atomic mass is 79.9. The predicted molar refractivity (Wildman–Crippen MR) is 106 cm³/mol. The average molecular weight is 431 g/mol. The molecule has 0 aliphatic carbocycles. The predicted octanol–water partition coefficient (Wildman–Crippen LogP) is 4.64. The van der Waals surface area contributed by atoms with Gasteiger partial charge >= 0.3 is 0 Å². The number of rotatable bonds is 4. The Labute approximate surface area is 163 Å². The highest BCUT2D eigenvalue weighted by Gasteiger charge is 2.35. The first-order chi connectivity index (χ1) is 12.4. The van der Waals surface area contributed by atoms with Crippen molar-refractivity contribution in [1.29, 1.82) is 0 Å².